The van der Waals surface area contributed by atoms with Crippen molar-refractivity contribution in [2.24, 2.45) is 10.9 Å². The number of ether oxygens (including phenoxy) is 1. The van der Waals surface area contributed by atoms with Gasteiger partial charge in [0.1, 0.15) is 5.75 Å². The number of sulfonamides is 1. The van der Waals surface area contributed by atoms with E-state index in [1.807, 2.05) is 39.0 Å². The Balaban J connectivity index is 1.79. The Morgan fingerprint density at radius 3 is 2.64 bits per heavy atom. The first-order valence-corrected chi connectivity index (χ1v) is 11.6. The molecule has 1 aliphatic carbocycles. The summed E-state index contributed by atoms with van der Waals surface area (Å²) < 4.78 is 32.7. The van der Waals surface area contributed by atoms with Gasteiger partial charge in [-0.15, -0.1) is 0 Å². The Kier molecular flexibility index (Phi) is 8.57. The van der Waals surface area contributed by atoms with Crippen molar-refractivity contribution < 1.29 is 13.2 Å². The Labute approximate surface area is 169 Å². The molecule has 3 N–H and O–H groups in total. The van der Waals surface area contributed by atoms with Crippen LogP contribution < -0.4 is 20.1 Å². The van der Waals surface area contributed by atoms with Crippen molar-refractivity contribution in [1.82, 2.24) is 15.4 Å². The molecule has 0 radical (unpaired) electrons. The Morgan fingerprint density at radius 2 is 2.04 bits per heavy atom. The SMILES string of the molecule is CN=C(NCCS(=O)(=O)NCC1CCC1)NCc1ccc(C)cc1OC(C)C. The van der Waals surface area contributed by atoms with E-state index in [0.717, 1.165) is 29.7 Å². The summed E-state index contributed by atoms with van der Waals surface area (Å²) in [6.07, 6.45) is 3.55. The van der Waals surface area contributed by atoms with Crippen molar-refractivity contribution in [2.45, 2.75) is 52.7 Å². The maximum absolute atomic E-state index is 12.1. The van der Waals surface area contributed by atoms with Crippen molar-refractivity contribution in [3.8, 4) is 5.75 Å². The van der Waals surface area contributed by atoms with Crippen LogP contribution in [0.15, 0.2) is 23.2 Å². The van der Waals surface area contributed by atoms with Crippen molar-refractivity contribution in [2.75, 3.05) is 25.9 Å². The molecule has 2 rings (SSSR count). The molecule has 0 unspecified atom stereocenters. The number of guanidine groups is 1. The lowest BCUT2D eigenvalue weighted by Gasteiger charge is -2.25. The van der Waals surface area contributed by atoms with Crippen molar-refractivity contribution >= 4 is 16.0 Å². The van der Waals surface area contributed by atoms with Gasteiger partial charge in [0.05, 0.1) is 11.9 Å². The molecule has 1 aliphatic rings. The van der Waals surface area contributed by atoms with Crippen molar-refractivity contribution in [3.63, 3.8) is 0 Å². The summed E-state index contributed by atoms with van der Waals surface area (Å²) in [6, 6.07) is 6.09. The molecule has 1 saturated carbocycles. The molecular weight excluding hydrogens is 376 g/mol. The van der Waals surface area contributed by atoms with Gasteiger partial charge in [-0.25, -0.2) is 13.1 Å². The molecule has 8 heteroatoms. The molecule has 1 fully saturated rings. The zero-order valence-corrected chi connectivity index (χ0v) is 18.2. The molecule has 0 heterocycles. The number of aryl methyl sites for hydroxylation is 1. The fourth-order valence-corrected chi connectivity index (χ4v) is 3.89. The first-order chi connectivity index (χ1) is 13.3. The van der Waals surface area contributed by atoms with Crippen LogP contribution in [0.1, 0.15) is 44.2 Å². The van der Waals surface area contributed by atoms with Crippen LogP contribution >= 0.6 is 0 Å². The van der Waals surface area contributed by atoms with Crippen LogP contribution in [-0.2, 0) is 16.6 Å². The fourth-order valence-electron chi connectivity index (χ4n) is 2.89. The van der Waals surface area contributed by atoms with E-state index in [9.17, 15) is 8.42 Å². The van der Waals surface area contributed by atoms with Crippen LogP contribution in [0.4, 0.5) is 0 Å². The molecule has 0 saturated heterocycles. The number of nitrogens with one attached hydrogen (secondary N) is 3. The summed E-state index contributed by atoms with van der Waals surface area (Å²) >= 11 is 0. The summed E-state index contributed by atoms with van der Waals surface area (Å²) in [5, 5.41) is 6.28. The first kappa shape index (κ1) is 22.5. The molecule has 1 aromatic rings. The third-order valence-corrected chi connectivity index (χ3v) is 6.08. The van der Waals surface area contributed by atoms with Gasteiger partial charge in [-0.3, -0.25) is 4.99 Å². The summed E-state index contributed by atoms with van der Waals surface area (Å²) in [6.45, 7) is 7.42. The monoisotopic (exact) mass is 410 g/mol. The second-order valence-electron chi connectivity index (χ2n) is 7.59. The Bertz CT molecular complexity index is 759. The van der Waals surface area contributed by atoms with Crippen LogP contribution in [0.5, 0.6) is 5.75 Å². The summed E-state index contributed by atoms with van der Waals surface area (Å²) in [4.78, 5) is 4.17. The fraction of sp³-hybridized carbons (Fsp3) is 0.650. The van der Waals surface area contributed by atoms with E-state index in [1.54, 1.807) is 7.05 Å². The number of hydrogen-bond acceptors (Lipinski definition) is 4. The normalized spacial score (nSPS) is 15.4. The van der Waals surface area contributed by atoms with Crippen molar-refractivity contribution in [3.05, 3.63) is 29.3 Å². The minimum Gasteiger partial charge on any atom is -0.491 e. The summed E-state index contributed by atoms with van der Waals surface area (Å²) in [5.41, 5.74) is 2.17. The number of rotatable bonds is 10. The van der Waals surface area contributed by atoms with Gasteiger partial charge in [-0.1, -0.05) is 18.6 Å². The lowest BCUT2D eigenvalue weighted by Crippen LogP contribution is -2.41. The van der Waals surface area contributed by atoms with Crippen LogP contribution in [0, 0.1) is 12.8 Å². The van der Waals surface area contributed by atoms with Gasteiger partial charge < -0.3 is 15.4 Å². The molecule has 0 atom stereocenters. The highest BCUT2D eigenvalue weighted by Gasteiger charge is 2.20. The third kappa shape index (κ3) is 7.67. The van der Waals surface area contributed by atoms with Crippen LogP contribution in [0.2, 0.25) is 0 Å². The van der Waals surface area contributed by atoms with Crippen LogP contribution in [0.25, 0.3) is 0 Å². The molecular formula is C20H34N4O3S. The maximum Gasteiger partial charge on any atom is 0.213 e. The van der Waals surface area contributed by atoms with E-state index in [0.29, 0.717) is 31.5 Å². The minimum absolute atomic E-state index is 0.0205. The van der Waals surface area contributed by atoms with Crippen LogP contribution in [-0.4, -0.2) is 46.4 Å². The van der Waals surface area contributed by atoms with Crippen LogP contribution in [0.3, 0.4) is 0 Å². The second-order valence-corrected chi connectivity index (χ2v) is 9.52. The number of aliphatic imine (C=N–C) groups is 1. The Morgan fingerprint density at radius 1 is 1.29 bits per heavy atom. The van der Waals surface area contributed by atoms with E-state index < -0.39 is 10.0 Å². The molecule has 0 aromatic heterocycles. The number of hydrogen-bond donors (Lipinski definition) is 3. The quantitative estimate of drug-likeness (QED) is 0.406. The molecule has 28 heavy (non-hydrogen) atoms. The second kappa shape index (κ2) is 10.7. The van der Waals surface area contributed by atoms with Gasteiger partial charge in [0.15, 0.2) is 5.96 Å². The maximum atomic E-state index is 12.1. The van der Waals surface area contributed by atoms with Gasteiger partial charge in [0.2, 0.25) is 10.0 Å². The first-order valence-electron chi connectivity index (χ1n) is 9.97. The average Bonchev–Trinajstić information content (AvgIpc) is 2.57. The average molecular weight is 411 g/mol. The highest BCUT2D eigenvalue weighted by Crippen LogP contribution is 2.25. The zero-order chi connectivity index (χ0) is 20.6. The molecule has 1 aromatic carbocycles. The zero-order valence-electron chi connectivity index (χ0n) is 17.4. The smallest absolute Gasteiger partial charge is 0.213 e. The van der Waals surface area contributed by atoms with E-state index in [2.05, 4.69) is 20.3 Å². The number of benzene rings is 1. The van der Waals surface area contributed by atoms with Gasteiger partial charge in [-0.05, 0) is 51.2 Å². The molecule has 0 aliphatic heterocycles. The molecule has 0 bridgehead atoms. The van der Waals surface area contributed by atoms with Gasteiger partial charge in [0, 0.05) is 32.2 Å². The van der Waals surface area contributed by atoms with Gasteiger partial charge >= 0.3 is 0 Å². The minimum atomic E-state index is -3.26. The van der Waals surface area contributed by atoms with E-state index in [-0.39, 0.29) is 11.9 Å². The van der Waals surface area contributed by atoms with E-state index >= 15 is 0 Å². The summed E-state index contributed by atoms with van der Waals surface area (Å²) in [5.74, 6) is 1.94. The highest BCUT2D eigenvalue weighted by molar-refractivity contribution is 7.89. The van der Waals surface area contributed by atoms with Crippen molar-refractivity contribution in [1.29, 1.82) is 0 Å². The standard InChI is InChI=1S/C20H34N4O3S/c1-15(2)27-19-12-16(3)8-9-18(19)14-23-20(21-4)22-10-11-28(25,26)24-13-17-6-5-7-17/h8-9,12,15,17,24H,5-7,10-11,13-14H2,1-4H3,(H2,21,22,23). The molecule has 0 amide bonds. The van der Waals surface area contributed by atoms with E-state index in [1.165, 1.54) is 6.42 Å². The van der Waals surface area contributed by atoms with Gasteiger partial charge in [0.25, 0.3) is 0 Å². The summed E-state index contributed by atoms with van der Waals surface area (Å²) in [7, 11) is -1.60. The predicted molar refractivity (Wildman–Crippen MR) is 114 cm³/mol. The lowest BCUT2D eigenvalue weighted by molar-refractivity contribution is 0.239. The molecule has 7 nitrogen and oxygen atoms in total. The topological polar surface area (TPSA) is 91.8 Å². The third-order valence-electron chi connectivity index (χ3n) is 4.74. The molecule has 158 valence electrons. The van der Waals surface area contributed by atoms with Gasteiger partial charge in [-0.2, -0.15) is 0 Å². The highest BCUT2D eigenvalue weighted by atomic mass is 32.2. The number of nitrogens with zero attached hydrogens (tertiary/aromatic N) is 1. The lowest BCUT2D eigenvalue weighted by atomic mass is 9.86. The van der Waals surface area contributed by atoms with E-state index in [4.69, 9.17) is 4.74 Å². The Hall–Kier alpha value is -1.80. The largest absolute Gasteiger partial charge is 0.491 e. The predicted octanol–water partition coefficient (Wildman–Crippen LogP) is 2.17. The molecule has 0 spiro atoms.